The van der Waals surface area contributed by atoms with Gasteiger partial charge < -0.3 is 5.11 Å². The van der Waals surface area contributed by atoms with Crippen LogP contribution >= 0.6 is 0 Å². The summed E-state index contributed by atoms with van der Waals surface area (Å²) in [5.74, 6) is 0.794. The largest absolute Gasteiger partial charge is 0.493 e. The summed E-state index contributed by atoms with van der Waals surface area (Å²) in [6, 6.07) is 13.6. The number of nitrogens with zero attached hydrogens (tertiary/aromatic N) is 5. The van der Waals surface area contributed by atoms with Crippen molar-refractivity contribution in [1.82, 2.24) is 19.7 Å². The molecule has 0 saturated carbocycles. The molecule has 1 aliphatic heterocycles. The minimum atomic E-state index is 0.167. The van der Waals surface area contributed by atoms with Gasteiger partial charge in [-0.05, 0) is 36.2 Å². The van der Waals surface area contributed by atoms with Crippen LogP contribution in [0.4, 0.5) is 0 Å². The number of hydrogen-bond acceptors (Lipinski definition) is 5. The van der Waals surface area contributed by atoms with Crippen LogP contribution in [0.15, 0.2) is 42.6 Å². The average Bonchev–Trinajstić information content (AvgIpc) is 2.99. The van der Waals surface area contributed by atoms with Gasteiger partial charge in [-0.2, -0.15) is 15.0 Å². The van der Waals surface area contributed by atoms with Crippen LogP contribution in [0, 0.1) is 18.3 Å². The van der Waals surface area contributed by atoms with E-state index in [2.05, 4.69) is 21.1 Å². The Morgan fingerprint density at radius 2 is 2.00 bits per heavy atom. The molecule has 0 unspecified atom stereocenters. The first-order valence-corrected chi connectivity index (χ1v) is 8.58. The summed E-state index contributed by atoms with van der Waals surface area (Å²) in [7, 11) is 0. The Labute approximate surface area is 152 Å². The normalized spacial score (nSPS) is 14.0. The van der Waals surface area contributed by atoms with Crippen molar-refractivity contribution in [2.24, 2.45) is 0 Å². The highest BCUT2D eigenvalue weighted by atomic mass is 16.3. The summed E-state index contributed by atoms with van der Waals surface area (Å²) in [6.45, 7) is 4.28. The van der Waals surface area contributed by atoms with Gasteiger partial charge in [-0.1, -0.05) is 18.2 Å². The molecule has 0 fully saturated rings. The molecule has 6 heteroatoms. The zero-order valence-electron chi connectivity index (χ0n) is 14.6. The lowest BCUT2D eigenvalue weighted by Gasteiger charge is -2.26. The molecule has 0 amide bonds. The number of benzene rings is 1. The minimum absolute atomic E-state index is 0.167. The smallest absolute Gasteiger partial charge is 0.220 e. The van der Waals surface area contributed by atoms with E-state index in [0.29, 0.717) is 17.9 Å². The van der Waals surface area contributed by atoms with E-state index in [-0.39, 0.29) is 5.88 Å². The zero-order chi connectivity index (χ0) is 18.1. The topological polar surface area (TPSA) is 78.0 Å². The van der Waals surface area contributed by atoms with E-state index in [1.54, 1.807) is 6.20 Å². The molecule has 0 atom stereocenters. The lowest BCUT2D eigenvalue weighted by Crippen LogP contribution is -2.29. The Morgan fingerprint density at radius 1 is 1.19 bits per heavy atom. The van der Waals surface area contributed by atoms with Gasteiger partial charge in [-0.3, -0.25) is 4.90 Å². The van der Waals surface area contributed by atoms with E-state index in [4.69, 9.17) is 5.26 Å². The molecule has 0 saturated heterocycles. The summed E-state index contributed by atoms with van der Waals surface area (Å²) in [6.07, 6.45) is 2.56. The second-order valence-corrected chi connectivity index (χ2v) is 6.62. The number of pyridine rings is 1. The summed E-state index contributed by atoms with van der Waals surface area (Å²) >= 11 is 0. The maximum Gasteiger partial charge on any atom is 0.220 e. The van der Waals surface area contributed by atoms with Crippen LogP contribution in [-0.2, 0) is 19.5 Å². The van der Waals surface area contributed by atoms with E-state index < -0.39 is 0 Å². The van der Waals surface area contributed by atoms with Crippen molar-refractivity contribution in [2.45, 2.75) is 26.4 Å². The molecule has 1 N–H and O–H groups in total. The van der Waals surface area contributed by atoms with Crippen molar-refractivity contribution in [3.05, 3.63) is 70.5 Å². The van der Waals surface area contributed by atoms with Gasteiger partial charge in [-0.15, -0.1) is 0 Å². The molecule has 130 valence electrons. The predicted octanol–water partition coefficient (Wildman–Crippen LogP) is 2.71. The van der Waals surface area contributed by atoms with E-state index in [1.165, 1.54) is 4.68 Å². The molecule has 2 aromatic heterocycles. The second kappa shape index (κ2) is 6.62. The molecule has 3 aromatic rings. The van der Waals surface area contributed by atoms with Gasteiger partial charge in [0, 0.05) is 32.3 Å². The van der Waals surface area contributed by atoms with Crippen molar-refractivity contribution in [3.8, 4) is 17.8 Å². The standard InChI is InChI=1S/C20H19N5O/c1-14-2-7-19(22-11-14)25-20(26)17-13-24(9-8-18(17)23-25)12-16-5-3-15(10-21)4-6-16/h2-7,11,26H,8-9,12-13H2,1H3. The average molecular weight is 345 g/mol. The van der Waals surface area contributed by atoms with Gasteiger partial charge >= 0.3 is 0 Å². The molecule has 1 aliphatic rings. The van der Waals surface area contributed by atoms with Gasteiger partial charge in [0.1, 0.15) is 0 Å². The number of aromatic nitrogens is 3. The minimum Gasteiger partial charge on any atom is -0.493 e. The van der Waals surface area contributed by atoms with E-state index >= 15 is 0 Å². The molecule has 4 rings (SSSR count). The maximum atomic E-state index is 10.6. The van der Waals surface area contributed by atoms with Gasteiger partial charge in [0.25, 0.3) is 0 Å². The monoisotopic (exact) mass is 345 g/mol. The number of aromatic hydroxyl groups is 1. The lowest BCUT2D eigenvalue weighted by atomic mass is 10.1. The van der Waals surface area contributed by atoms with E-state index in [9.17, 15) is 5.11 Å². The van der Waals surface area contributed by atoms with Gasteiger partial charge in [0.15, 0.2) is 5.82 Å². The molecule has 1 aromatic carbocycles. The third-order valence-electron chi connectivity index (χ3n) is 4.69. The van der Waals surface area contributed by atoms with Crippen LogP contribution in [0.5, 0.6) is 5.88 Å². The molecule has 0 spiro atoms. The number of fused-ring (bicyclic) bond motifs is 1. The van der Waals surface area contributed by atoms with Crippen LogP contribution in [0.2, 0.25) is 0 Å². The highest BCUT2D eigenvalue weighted by molar-refractivity contribution is 5.39. The fourth-order valence-corrected chi connectivity index (χ4v) is 3.24. The Bertz CT molecular complexity index is 967. The van der Waals surface area contributed by atoms with Crippen molar-refractivity contribution in [2.75, 3.05) is 6.54 Å². The van der Waals surface area contributed by atoms with E-state index in [0.717, 1.165) is 41.9 Å². The fourth-order valence-electron chi connectivity index (χ4n) is 3.24. The first-order valence-electron chi connectivity index (χ1n) is 8.58. The Balaban J connectivity index is 1.55. The number of rotatable bonds is 3. The molecule has 0 aliphatic carbocycles. The SMILES string of the molecule is Cc1ccc(-n2nc3c(c2O)CN(Cc2ccc(C#N)cc2)CC3)nc1. The van der Waals surface area contributed by atoms with Crippen LogP contribution in [0.1, 0.15) is 27.9 Å². The molecule has 3 heterocycles. The Kier molecular flexibility index (Phi) is 4.15. The molecule has 0 radical (unpaired) electrons. The van der Waals surface area contributed by atoms with Crippen LogP contribution < -0.4 is 0 Å². The number of hydrogen-bond donors (Lipinski definition) is 1. The quantitative estimate of drug-likeness (QED) is 0.790. The summed E-state index contributed by atoms with van der Waals surface area (Å²) < 4.78 is 1.52. The number of nitriles is 1. The fraction of sp³-hybridized carbons (Fsp3) is 0.250. The summed E-state index contributed by atoms with van der Waals surface area (Å²) in [4.78, 5) is 6.63. The van der Waals surface area contributed by atoms with Gasteiger partial charge in [0.2, 0.25) is 5.88 Å². The maximum absolute atomic E-state index is 10.6. The third-order valence-corrected chi connectivity index (χ3v) is 4.69. The van der Waals surface area contributed by atoms with Crippen LogP contribution in [0.3, 0.4) is 0 Å². The zero-order valence-corrected chi connectivity index (χ0v) is 14.6. The molecular weight excluding hydrogens is 326 g/mol. The Hall–Kier alpha value is -3.17. The third kappa shape index (κ3) is 3.05. The van der Waals surface area contributed by atoms with Crippen molar-refractivity contribution < 1.29 is 5.11 Å². The highest BCUT2D eigenvalue weighted by Gasteiger charge is 2.25. The second-order valence-electron chi connectivity index (χ2n) is 6.62. The van der Waals surface area contributed by atoms with Crippen molar-refractivity contribution in [1.29, 1.82) is 5.26 Å². The lowest BCUT2D eigenvalue weighted by molar-refractivity contribution is 0.241. The van der Waals surface area contributed by atoms with Gasteiger partial charge in [0.05, 0.1) is 22.9 Å². The van der Waals surface area contributed by atoms with Crippen LogP contribution in [-0.4, -0.2) is 31.3 Å². The summed E-state index contributed by atoms with van der Waals surface area (Å²) in [5, 5.41) is 24.1. The highest BCUT2D eigenvalue weighted by Crippen LogP contribution is 2.29. The van der Waals surface area contributed by atoms with Gasteiger partial charge in [-0.25, -0.2) is 4.98 Å². The molecule has 0 bridgehead atoms. The molecule has 26 heavy (non-hydrogen) atoms. The first kappa shape index (κ1) is 16.3. The summed E-state index contributed by atoms with van der Waals surface area (Å²) in [5.41, 5.74) is 4.69. The number of aryl methyl sites for hydroxylation is 1. The van der Waals surface area contributed by atoms with Crippen LogP contribution in [0.25, 0.3) is 5.82 Å². The van der Waals surface area contributed by atoms with Crippen molar-refractivity contribution >= 4 is 0 Å². The molecular formula is C20H19N5O. The van der Waals surface area contributed by atoms with Crippen molar-refractivity contribution in [3.63, 3.8) is 0 Å². The predicted molar refractivity (Wildman–Crippen MR) is 96.7 cm³/mol. The first-order chi connectivity index (χ1) is 12.6. The Morgan fingerprint density at radius 3 is 2.69 bits per heavy atom. The van der Waals surface area contributed by atoms with E-state index in [1.807, 2.05) is 43.3 Å². The molecule has 6 nitrogen and oxygen atoms in total.